The molecule has 0 amide bonds. The molecule has 0 bridgehead atoms. The van der Waals surface area contributed by atoms with Crippen LogP contribution in [0.2, 0.25) is 0 Å². The van der Waals surface area contributed by atoms with E-state index in [0.29, 0.717) is 18.6 Å². The third kappa shape index (κ3) is 2.57. The smallest absolute Gasteiger partial charge is 0.0999 e. The Bertz CT molecular complexity index is 373. The van der Waals surface area contributed by atoms with Crippen LogP contribution in [0.5, 0.6) is 0 Å². The first kappa shape index (κ1) is 13.5. The molecule has 1 saturated carbocycles. The summed E-state index contributed by atoms with van der Waals surface area (Å²) in [5.74, 6) is 0.647. The van der Waals surface area contributed by atoms with Gasteiger partial charge in [0.15, 0.2) is 0 Å². The molecule has 1 aliphatic rings. The zero-order valence-corrected chi connectivity index (χ0v) is 11.6. The molecule has 1 unspecified atom stereocenters. The zero-order valence-electron chi connectivity index (χ0n) is 11.6. The van der Waals surface area contributed by atoms with Crippen molar-refractivity contribution in [3.05, 3.63) is 11.4 Å². The second-order valence-electron chi connectivity index (χ2n) is 5.04. The average Bonchev–Trinajstić information content (AvgIpc) is 2.69. The predicted molar refractivity (Wildman–Crippen MR) is 70.6 cm³/mol. The third-order valence-electron chi connectivity index (χ3n) is 3.82. The standard InChI is InChI=1S/C13H24N4O/c1-4-11(9-18-3)17-13(10-6-5-7-10)12(8-14-2)15-16-17/h10-11,14H,4-9H2,1-3H3. The Morgan fingerprint density at radius 3 is 2.78 bits per heavy atom. The Kier molecular flexibility index (Phi) is 4.72. The minimum absolute atomic E-state index is 0.309. The fourth-order valence-electron chi connectivity index (χ4n) is 2.56. The summed E-state index contributed by atoms with van der Waals surface area (Å²) in [6, 6.07) is 0.309. The summed E-state index contributed by atoms with van der Waals surface area (Å²) < 4.78 is 7.41. The second kappa shape index (κ2) is 6.29. The molecule has 0 radical (unpaired) electrons. The van der Waals surface area contributed by atoms with Gasteiger partial charge >= 0.3 is 0 Å². The number of nitrogens with zero attached hydrogens (tertiary/aromatic N) is 3. The van der Waals surface area contributed by atoms with Gasteiger partial charge in [-0.1, -0.05) is 18.6 Å². The summed E-state index contributed by atoms with van der Waals surface area (Å²) in [7, 11) is 3.70. The van der Waals surface area contributed by atoms with Gasteiger partial charge in [0.1, 0.15) is 0 Å². The molecule has 1 heterocycles. The number of methoxy groups -OCH3 is 1. The van der Waals surface area contributed by atoms with E-state index >= 15 is 0 Å². The van der Waals surface area contributed by atoms with Crippen LogP contribution in [0.3, 0.4) is 0 Å². The van der Waals surface area contributed by atoms with Gasteiger partial charge in [-0.3, -0.25) is 0 Å². The zero-order chi connectivity index (χ0) is 13.0. The van der Waals surface area contributed by atoms with Crippen molar-refractivity contribution in [2.45, 2.75) is 51.1 Å². The molecule has 1 N–H and O–H groups in total. The number of rotatable bonds is 7. The second-order valence-corrected chi connectivity index (χ2v) is 5.04. The maximum atomic E-state index is 5.30. The molecule has 5 heteroatoms. The molecule has 2 rings (SSSR count). The van der Waals surface area contributed by atoms with Gasteiger partial charge in [0.25, 0.3) is 0 Å². The number of hydrogen-bond acceptors (Lipinski definition) is 4. The highest BCUT2D eigenvalue weighted by Gasteiger charge is 2.29. The lowest BCUT2D eigenvalue weighted by atomic mass is 9.81. The van der Waals surface area contributed by atoms with Crippen LogP contribution in [0.25, 0.3) is 0 Å². The van der Waals surface area contributed by atoms with Gasteiger partial charge in [-0.25, -0.2) is 4.68 Å². The molecule has 1 fully saturated rings. The average molecular weight is 252 g/mol. The number of ether oxygens (including phenoxy) is 1. The van der Waals surface area contributed by atoms with E-state index in [0.717, 1.165) is 18.7 Å². The number of nitrogens with one attached hydrogen (secondary N) is 1. The normalized spacial score (nSPS) is 17.7. The van der Waals surface area contributed by atoms with Crippen LogP contribution in [-0.2, 0) is 11.3 Å². The van der Waals surface area contributed by atoms with Crippen molar-refractivity contribution in [1.82, 2.24) is 20.3 Å². The van der Waals surface area contributed by atoms with E-state index in [1.807, 2.05) is 7.05 Å². The fraction of sp³-hybridized carbons (Fsp3) is 0.846. The van der Waals surface area contributed by atoms with Crippen molar-refractivity contribution in [3.63, 3.8) is 0 Å². The van der Waals surface area contributed by atoms with Crippen LogP contribution in [0, 0.1) is 0 Å². The van der Waals surface area contributed by atoms with Gasteiger partial charge < -0.3 is 10.1 Å². The molecule has 0 saturated heterocycles. The molecule has 1 aromatic heterocycles. The van der Waals surface area contributed by atoms with E-state index in [2.05, 4.69) is 27.2 Å². The monoisotopic (exact) mass is 252 g/mol. The summed E-state index contributed by atoms with van der Waals surface area (Å²) >= 11 is 0. The minimum atomic E-state index is 0.309. The minimum Gasteiger partial charge on any atom is -0.382 e. The van der Waals surface area contributed by atoms with Crippen LogP contribution < -0.4 is 5.32 Å². The molecule has 1 atom stereocenters. The third-order valence-corrected chi connectivity index (χ3v) is 3.82. The van der Waals surface area contributed by atoms with Crippen LogP contribution in [0.15, 0.2) is 0 Å². The summed E-state index contributed by atoms with van der Waals surface area (Å²) in [6.07, 6.45) is 4.90. The molecule has 18 heavy (non-hydrogen) atoms. The van der Waals surface area contributed by atoms with E-state index < -0.39 is 0 Å². The lowest BCUT2D eigenvalue weighted by Crippen LogP contribution is -2.23. The lowest BCUT2D eigenvalue weighted by Gasteiger charge is -2.28. The van der Waals surface area contributed by atoms with Gasteiger partial charge in [-0.05, 0) is 26.3 Å². The molecule has 5 nitrogen and oxygen atoms in total. The van der Waals surface area contributed by atoms with Gasteiger partial charge in [0, 0.05) is 19.6 Å². The van der Waals surface area contributed by atoms with Crippen molar-refractivity contribution >= 4 is 0 Å². The Morgan fingerprint density at radius 2 is 2.28 bits per heavy atom. The van der Waals surface area contributed by atoms with Gasteiger partial charge in [-0.2, -0.15) is 0 Å². The summed E-state index contributed by atoms with van der Waals surface area (Å²) in [5.41, 5.74) is 2.44. The molecule has 1 aliphatic carbocycles. The van der Waals surface area contributed by atoms with Crippen LogP contribution in [0.4, 0.5) is 0 Å². The van der Waals surface area contributed by atoms with Crippen molar-refractivity contribution < 1.29 is 4.74 Å². The van der Waals surface area contributed by atoms with Gasteiger partial charge in [0.2, 0.25) is 0 Å². The molecule has 0 spiro atoms. The Balaban J connectivity index is 2.27. The maximum absolute atomic E-state index is 5.30. The predicted octanol–water partition coefficient (Wildman–Crippen LogP) is 1.86. The SMILES string of the molecule is CCC(COC)n1nnc(CNC)c1C1CCC1. The summed E-state index contributed by atoms with van der Waals surface area (Å²) in [4.78, 5) is 0. The molecular weight excluding hydrogens is 228 g/mol. The number of hydrogen-bond donors (Lipinski definition) is 1. The van der Waals surface area contributed by atoms with Crippen LogP contribution in [0.1, 0.15) is 56.0 Å². The molecule has 102 valence electrons. The summed E-state index contributed by atoms with van der Waals surface area (Å²) in [6.45, 7) is 3.68. The highest BCUT2D eigenvalue weighted by atomic mass is 16.5. The maximum Gasteiger partial charge on any atom is 0.0999 e. The largest absolute Gasteiger partial charge is 0.382 e. The van der Waals surface area contributed by atoms with E-state index in [1.165, 1.54) is 25.0 Å². The van der Waals surface area contributed by atoms with Crippen molar-refractivity contribution in [2.75, 3.05) is 20.8 Å². The first-order valence-electron chi connectivity index (χ1n) is 6.89. The highest BCUT2D eigenvalue weighted by molar-refractivity contribution is 5.18. The first-order valence-corrected chi connectivity index (χ1v) is 6.89. The van der Waals surface area contributed by atoms with Crippen LogP contribution in [-0.4, -0.2) is 35.8 Å². The van der Waals surface area contributed by atoms with Crippen molar-refractivity contribution in [2.24, 2.45) is 0 Å². The highest BCUT2D eigenvalue weighted by Crippen LogP contribution is 2.38. The quantitative estimate of drug-likeness (QED) is 0.805. The first-order chi connectivity index (χ1) is 8.81. The topological polar surface area (TPSA) is 52.0 Å². The molecule has 0 aliphatic heterocycles. The molecule has 1 aromatic rings. The van der Waals surface area contributed by atoms with Gasteiger partial charge in [0.05, 0.1) is 24.0 Å². The lowest BCUT2D eigenvalue weighted by molar-refractivity contribution is 0.142. The number of aromatic nitrogens is 3. The van der Waals surface area contributed by atoms with E-state index in [1.54, 1.807) is 7.11 Å². The Morgan fingerprint density at radius 1 is 1.50 bits per heavy atom. The van der Waals surface area contributed by atoms with Crippen molar-refractivity contribution in [3.8, 4) is 0 Å². The molecule has 0 aromatic carbocycles. The Labute approximate surface area is 109 Å². The summed E-state index contributed by atoms with van der Waals surface area (Å²) in [5, 5.41) is 11.9. The van der Waals surface area contributed by atoms with E-state index in [4.69, 9.17) is 4.74 Å². The Hall–Kier alpha value is -0.940. The van der Waals surface area contributed by atoms with Crippen LogP contribution >= 0.6 is 0 Å². The van der Waals surface area contributed by atoms with Gasteiger partial charge in [-0.15, -0.1) is 5.10 Å². The van der Waals surface area contributed by atoms with Crippen molar-refractivity contribution in [1.29, 1.82) is 0 Å². The fourth-order valence-corrected chi connectivity index (χ4v) is 2.56. The molecular formula is C13H24N4O. The van der Waals surface area contributed by atoms with E-state index in [-0.39, 0.29) is 0 Å². The van der Waals surface area contributed by atoms with E-state index in [9.17, 15) is 0 Å².